The minimum atomic E-state index is 0.816. The maximum atomic E-state index is 5.56. The normalized spacial score (nSPS) is 11.4. The predicted molar refractivity (Wildman–Crippen MR) is 156 cm³/mol. The van der Waals surface area contributed by atoms with Crippen LogP contribution in [0, 0.1) is 0 Å². The van der Waals surface area contributed by atoms with Gasteiger partial charge in [0.15, 0.2) is 0 Å². The fourth-order valence-electron chi connectivity index (χ4n) is 5.42. The molecule has 0 N–H and O–H groups in total. The van der Waals surface area contributed by atoms with Crippen LogP contribution in [0.25, 0.3) is 65.9 Å². The Kier molecular flexibility index (Phi) is 5.19. The van der Waals surface area contributed by atoms with E-state index in [9.17, 15) is 0 Å². The molecule has 2 heterocycles. The summed E-state index contributed by atoms with van der Waals surface area (Å²) in [7, 11) is 3.39. The summed E-state index contributed by atoms with van der Waals surface area (Å²) in [5.74, 6) is 1.63. The van der Waals surface area contributed by atoms with Gasteiger partial charge in [0.1, 0.15) is 11.5 Å². The van der Waals surface area contributed by atoms with Gasteiger partial charge in [-0.05, 0) is 59.7 Å². The van der Waals surface area contributed by atoms with Crippen molar-refractivity contribution in [3.8, 4) is 33.8 Å². The number of methoxy groups -OCH3 is 2. The van der Waals surface area contributed by atoms with E-state index in [2.05, 4.69) is 72.8 Å². The van der Waals surface area contributed by atoms with Crippen molar-refractivity contribution in [1.29, 1.82) is 0 Å². The van der Waals surface area contributed by atoms with Crippen molar-refractivity contribution in [1.82, 2.24) is 9.97 Å². The van der Waals surface area contributed by atoms with Gasteiger partial charge in [-0.25, -0.2) is 9.97 Å². The van der Waals surface area contributed by atoms with Crippen LogP contribution in [-0.2, 0) is 0 Å². The predicted octanol–water partition coefficient (Wildman–Crippen LogP) is 8.44. The Hall–Kier alpha value is -4.96. The Morgan fingerprint density at radius 2 is 0.816 bits per heavy atom. The van der Waals surface area contributed by atoms with E-state index < -0.39 is 0 Å². The number of para-hydroxylation sites is 2. The lowest BCUT2D eigenvalue weighted by Crippen LogP contribution is -1.92. The van der Waals surface area contributed by atoms with Crippen LogP contribution >= 0.6 is 0 Å². The zero-order chi connectivity index (χ0) is 25.6. The van der Waals surface area contributed by atoms with Gasteiger partial charge in [0.2, 0.25) is 0 Å². The zero-order valence-corrected chi connectivity index (χ0v) is 21.1. The summed E-state index contributed by atoms with van der Waals surface area (Å²) >= 11 is 0. The molecule has 0 bridgehead atoms. The molecule has 0 saturated heterocycles. The van der Waals surface area contributed by atoms with Crippen molar-refractivity contribution in [2.24, 2.45) is 0 Å². The molecule has 2 aromatic heterocycles. The fraction of sp³-hybridized carbons (Fsp3) is 0.0588. The van der Waals surface area contributed by atoms with Crippen molar-refractivity contribution in [2.75, 3.05) is 14.2 Å². The van der Waals surface area contributed by atoms with Crippen LogP contribution in [-0.4, -0.2) is 24.2 Å². The largest absolute Gasteiger partial charge is 0.497 e. The number of rotatable bonds is 4. The molecule has 7 aromatic rings. The van der Waals surface area contributed by atoms with Crippen LogP contribution in [0.1, 0.15) is 0 Å². The zero-order valence-electron chi connectivity index (χ0n) is 21.1. The Labute approximate surface area is 220 Å². The van der Waals surface area contributed by atoms with E-state index in [-0.39, 0.29) is 0 Å². The molecule has 182 valence electrons. The number of fused-ring (bicyclic) bond motifs is 4. The number of aromatic nitrogens is 2. The molecule has 4 heteroatoms. The second-order valence-corrected chi connectivity index (χ2v) is 9.35. The summed E-state index contributed by atoms with van der Waals surface area (Å²) in [6.45, 7) is 0. The van der Waals surface area contributed by atoms with Crippen molar-refractivity contribution >= 4 is 43.6 Å². The van der Waals surface area contributed by atoms with E-state index in [4.69, 9.17) is 19.4 Å². The Morgan fingerprint density at radius 1 is 0.421 bits per heavy atom. The molecule has 7 rings (SSSR count). The number of pyridine rings is 2. The molecule has 0 aliphatic rings. The highest BCUT2D eigenvalue weighted by Gasteiger charge is 2.15. The van der Waals surface area contributed by atoms with Crippen molar-refractivity contribution in [3.05, 3.63) is 109 Å². The topological polar surface area (TPSA) is 44.2 Å². The highest BCUT2D eigenvalue weighted by atomic mass is 16.5. The molecule has 0 unspecified atom stereocenters. The first-order valence-electron chi connectivity index (χ1n) is 12.6. The molecular weight excluding hydrogens is 468 g/mol. The maximum absolute atomic E-state index is 5.56. The molecule has 38 heavy (non-hydrogen) atoms. The molecule has 0 radical (unpaired) electrons. The highest BCUT2D eigenvalue weighted by Crippen LogP contribution is 2.40. The van der Waals surface area contributed by atoms with E-state index >= 15 is 0 Å². The maximum Gasteiger partial charge on any atom is 0.119 e. The van der Waals surface area contributed by atoms with Crippen LogP contribution in [0.4, 0.5) is 0 Å². The molecular formula is C34H24N2O2. The summed E-state index contributed by atoms with van der Waals surface area (Å²) in [5, 5.41) is 4.37. The number of hydrogen-bond acceptors (Lipinski definition) is 4. The number of benzene rings is 5. The SMILES string of the molecule is COc1ccc2nc3ccccc3c(-c3ccc(-c4c5ccccc5nc5ccc(OC)cc45)cc3)c2c1. The molecule has 0 atom stereocenters. The molecule has 5 aromatic carbocycles. The van der Waals surface area contributed by atoms with E-state index in [1.54, 1.807) is 14.2 Å². The molecule has 0 amide bonds. The fourth-order valence-corrected chi connectivity index (χ4v) is 5.42. The lowest BCUT2D eigenvalue weighted by Gasteiger charge is -2.15. The Balaban J connectivity index is 1.48. The molecule has 0 aliphatic heterocycles. The van der Waals surface area contributed by atoms with Crippen LogP contribution in [0.15, 0.2) is 109 Å². The van der Waals surface area contributed by atoms with Gasteiger partial charge in [-0.2, -0.15) is 0 Å². The third-order valence-electron chi connectivity index (χ3n) is 7.24. The molecule has 0 aliphatic carbocycles. The van der Waals surface area contributed by atoms with E-state index in [0.717, 1.165) is 77.4 Å². The van der Waals surface area contributed by atoms with Gasteiger partial charge < -0.3 is 9.47 Å². The smallest absolute Gasteiger partial charge is 0.119 e. The van der Waals surface area contributed by atoms with Crippen molar-refractivity contribution in [3.63, 3.8) is 0 Å². The van der Waals surface area contributed by atoms with E-state index in [1.165, 1.54) is 0 Å². The van der Waals surface area contributed by atoms with Crippen LogP contribution in [0.2, 0.25) is 0 Å². The lowest BCUT2D eigenvalue weighted by molar-refractivity contribution is 0.415. The monoisotopic (exact) mass is 492 g/mol. The summed E-state index contributed by atoms with van der Waals surface area (Å²) in [6.07, 6.45) is 0. The average Bonchev–Trinajstić information content (AvgIpc) is 2.98. The highest BCUT2D eigenvalue weighted by molar-refractivity contribution is 6.12. The summed E-state index contributed by atoms with van der Waals surface area (Å²) in [5.41, 5.74) is 8.41. The Bertz CT molecular complexity index is 1850. The quantitative estimate of drug-likeness (QED) is 0.231. The van der Waals surface area contributed by atoms with Crippen LogP contribution in [0.5, 0.6) is 11.5 Å². The first-order valence-corrected chi connectivity index (χ1v) is 12.6. The van der Waals surface area contributed by atoms with Gasteiger partial charge in [-0.15, -0.1) is 0 Å². The minimum absolute atomic E-state index is 0.816. The first-order chi connectivity index (χ1) is 18.7. The number of ether oxygens (including phenoxy) is 2. The third kappa shape index (κ3) is 3.53. The first kappa shape index (κ1) is 22.3. The Morgan fingerprint density at radius 3 is 1.24 bits per heavy atom. The minimum Gasteiger partial charge on any atom is -0.497 e. The van der Waals surface area contributed by atoms with Crippen LogP contribution in [0.3, 0.4) is 0 Å². The summed E-state index contributed by atoms with van der Waals surface area (Å²) in [6, 6.07) is 37.6. The van der Waals surface area contributed by atoms with Crippen molar-refractivity contribution < 1.29 is 9.47 Å². The molecule has 0 spiro atoms. The average molecular weight is 493 g/mol. The number of nitrogens with zero attached hydrogens (tertiary/aromatic N) is 2. The standard InChI is InChI=1S/C34H24N2O2/c1-37-23-15-17-31-27(19-23)33(25-7-3-5-9-29(25)35-31)21-11-13-22(14-12-21)34-26-8-4-6-10-30(26)36-32-18-16-24(38-2)20-28(32)34/h3-20H,1-2H3. The van der Waals surface area contributed by atoms with Gasteiger partial charge in [0, 0.05) is 32.7 Å². The van der Waals surface area contributed by atoms with Gasteiger partial charge in [-0.1, -0.05) is 60.7 Å². The summed E-state index contributed by atoms with van der Waals surface area (Å²) < 4.78 is 11.1. The summed E-state index contributed by atoms with van der Waals surface area (Å²) in [4.78, 5) is 9.83. The molecule has 0 fully saturated rings. The van der Waals surface area contributed by atoms with E-state index in [1.807, 2.05) is 36.4 Å². The number of hydrogen-bond donors (Lipinski definition) is 0. The van der Waals surface area contributed by atoms with Crippen molar-refractivity contribution in [2.45, 2.75) is 0 Å². The van der Waals surface area contributed by atoms with Crippen LogP contribution < -0.4 is 9.47 Å². The van der Waals surface area contributed by atoms with Gasteiger partial charge in [-0.3, -0.25) is 0 Å². The third-order valence-corrected chi connectivity index (χ3v) is 7.24. The van der Waals surface area contributed by atoms with Gasteiger partial charge in [0.05, 0.1) is 36.3 Å². The molecule has 0 saturated carbocycles. The lowest BCUT2D eigenvalue weighted by atomic mass is 9.92. The van der Waals surface area contributed by atoms with Gasteiger partial charge in [0.25, 0.3) is 0 Å². The van der Waals surface area contributed by atoms with Gasteiger partial charge >= 0.3 is 0 Å². The second-order valence-electron chi connectivity index (χ2n) is 9.35. The molecule has 4 nitrogen and oxygen atoms in total. The van der Waals surface area contributed by atoms with E-state index in [0.29, 0.717) is 0 Å². The second kappa shape index (κ2) is 8.86.